The van der Waals surface area contributed by atoms with E-state index in [-0.39, 0.29) is 0 Å². The van der Waals surface area contributed by atoms with Crippen molar-refractivity contribution in [2.75, 3.05) is 5.73 Å². The molecule has 0 atom stereocenters. The van der Waals surface area contributed by atoms with Crippen molar-refractivity contribution in [3.8, 4) is 12.3 Å². The van der Waals surface area contributed by atoms with Crippen molar-refractivity contribution in [3.05, 3.63) is 35.9 Å². The SMILES string of the molecule is C#CCCC/C=C/c1ccc(N)cc1. The first kappa shape index (κ1) is 10.4. The number of anilines is 1. The van der Waals surface area contributed by atoms with Crippen LogP contribution in [0.4, 0.5) is 5.69 Å². The highest BCUT2D eigenvalue weighted by Gasteiger charge is 1.86. The second-order valence-corrected chi connectivity index (χ2v) is 3.17. The highest BCUT2D eigenvalue weighted by atomic mass is 14.5. The van der Waals surface area contributed by atoms with E-state index in [1.54, 1.807) is 0 Å². The lowest BCUT2D eigenvalue weighted by atomic mass is 10.1. The molecular weight excluding hydrogens is 170 g/mol. The van der Waals surface area contributed by atoms with Crippen LogP contribution in [-0.2, 0) is 0 Å². The Balaban J connectivity index is 2.37. The van der Waals surface area contributed by atoms with Crippen molar-refractivity contribution >= 4 is 11.8 Å². The molecule has 0 radical (unpaired) electrons. The normalized spacial score (nSPS) is 10.2. The van der Waals surface area contributed by atoms with E-state index in [9.17, 15) is 0 Å². The molecule has 2 N–H and O–H groups in total. The first-order chi connectivity index (χ1) is 6.83. The van der Waals surface area contributed by atoms with Crippen molar-refractivity contribution in [1.82, 2.24) is 0 Å². The summed E-state index contributed by atoms with van der Waals surface area (Å²) in [6.45, 7) is 0. The van der Waals surface area contributed by atoms with Gasteiger partial charge in [0.05, 0.1) is 0 Å². The molecule has 0 unspecified atom stereocenters. The summed E-state index contributed by atoms with van der Waals surface area (Å²) in [5, 5.41) is 0. The number of allylic oxidation sites excluding steroid dienone is 1. The number of hydrogen-bond donors (Lipinski definition) is 1. The smallest absolute Gasteiger partial charge is 0.0314 e. The Bertz CT molecular complexity index is 327. The maximum atomic E-state index is 5.57. The minimum absolute atomic E-state index is 0.800. The molecule has 1 aromatic rings. The van der Waals surface area contributed by atoms with Crippen LogP contribution in [0.5, 0.6) is 0 Å². The first-order valence-electron chi connectivity index (χ1n) is 4.78. The largest absolute Gasteiger partial charge is 0.399 e. The van der Waals surface area contributed by atoms with Crippen molar-refractivity contribution in [3.63, 3.8) is 0 Å². The van der Waals surface area contributed by atoms with Crippen LogP contribution in [0.3, 0.4) is 0 Å². The average molecular weight is 185 g/mol. The fraction of sp³-hybridized carbons (Fsp3) is 0.231. The van der Waals surface area contributed by atoms with Crippen LogP contribution >= 0.6 is 0 Å². The zero-order valence-corrected chi connectivity index (χ0v) is 8.24. The molecule has 0 saturated carbocycles. The minimum atomic E-state index is 0.800. The molecule has 0 aliphatic carbocycles. The Kier molecular flexibility index (Phi) is 4.37. The maximum absolute atomic E-state index is 5.57. The molecular formula is C13H15N. The summed E-state index contributed by atoms with van der Waals surface area (Å²) in [6, 6.07) is 7.82. The number of rotatable bonds is 4. The quantitative estimate of drug-likeness (QED) is 0.435. The predicted molar refractivity (Wildman–Crippen MR) is 62.6 cm³/mol. The third-order valence-corrected chi connectivity index (χ3v) is 1.94. The summed E-state index contributed by atoms with van der Waals surface area (Å²) >= 11 is 0. The predicted octanol–water partition coefficient (Wildman–Crippen LogP) is 3.09. The second-order valence-electron chi connectivity index (χ2n) is 3.17. The van der Waals surface area contributed by atoms with Gasteiger partial charge in [-0.25, -0.2) is 0 Å². The molecule has 0 bridgehead atoms. The van der Waals surface area contributed by atoms with E-state index in [2.05, 4.69) is 18.1 Å². The fourth-order valence-electron chi connectivity index (χ4n) is 1.15. The Morgan fingerprint density at radius 1 is 1.29 bits per heavy atom. The molecule has 0 saturated heterocycles. The second kappa shape index (κ2) is 5.88. The van der Waals surface area contributed by atoms with Crippen LogP contribution in [0.2, 0.25) is 0 Å². The van der Waals surface area contributed by atoms with Crippen LogP contribution in [0.25, 0.3) is 6.08 Å². The van der Waals surface area contributed by atoms with E-state index < -0.39 is 0 Å². The van der Waals surface area contributed by atoms with E-state index in [0.29, 0.717) is 0 Å². The molecule has 0 fully saturated rings. The Morgan fingerprint density at radius 3 is 2.64 bits per heavy atom. The average Bonchev–Trinajstić information content (AvgIpc) is 2.21. The van der Waals surface area contributed by atoms with Gasteiger partial charge in [0.1, 0.15) is 0 Å². The van der Waals surface area contributed by atoms with Gasteiger partial charge >= 0.3 is 0 Å². The summed E-state index contributed by atoms with van der Waals surface area (Å²) < 4.78 is 0. The third kappa shape index (κ3) is 3.82. The highest BCUT2D eigenvalue weighted by molar-refractivity contribution is 5.53. The van der Waals surface area contributed by atoms with Crippen molar-refractivity contribution in [2.24, 2.45) is 0 Å². The number of nitrogen functional groups attached to an aromatic ring is 1. The molecule has 14 heavy (non-hydrogen) atoms. The topological polar surface area (TPSA) is 26.0 Å². The number of unbranched alkanes of at least 4 members (excludes halogenated alkanes) is 2. The van der Waals surface area contributed by atoms with Crippen LogP contribution < -0.4 is 5.73 Å². The maximum Gasteiger partial charge on any atom is 0.0314 e. The van der Waals surface area contributed by atoms with Gasteiger partial charge in [-0.05, 0) is 30.5 Å². The molecule has 0 aliphatic heterocycles. The Hall–Kier alpha value is -1.68. The van der Waals surface area contributed by atoms with E-state index in [1.165, 1.54) is 5.56 Å². The van der Waals surface area contributed by atoms with E-state index >= 15 is 0 Å². The Labute approximate surface area is 85.6 Å². The van der Waals surface area contributed by atoms with Crippen molar-refractivity contribution < 1.29 is 0 Å². The number of terminal acetylenes is 1. The molecule has 0 spiro atoms. The van der Waals surface area contributed by atoms with Crippen LogP contribution in [-0.4, -0.2) is 0 Å². The first-order valence-corrected chi connectivity index (χ1v) is 4.78. The lowest BCUT2D eigenvalue weighted by molar-refractivity contribution is 0.888. The zero-order valence-electron chi connectivity index (χ0n) is 8.24. The molecule has 1 heteroatoms. The van der Waals surface area contributed by atoms with Gasteiger partial charge in [0.25, 0.3) is 0 Å². The molecule has 72 valence electrons. The number of hydrogen-bond acceptors (Lipinski definition) is 1. The standard InChI is InChI=1S/C13H15N/c1-2-3-4-5-6-7-12-8-10-13(14)11-9-12/h1,6-11H,3-5,14H2/b7-6+. The van der Waals surface area contributed by atoms with Gasteiger partial charge in [-0.1, -0.05) is 24.3 Å². The molecule has 0 amide bonds. The summed E-state index contributed by atoms with van der Waals surface area (Å²) in [7, 11) is 0. The molecule has 1 rings (SSSR count). The van der Waals surface area contributed by atoms with Gasteiger partial charge in [0.15, 0.2) is 0 Å². The molecule has 0 aliphatic rings. The highest BCUT2D eigenvalue weighted by Crippen LogP contribution is 2.08. The molecule has 0 heterocycles. The Morgan fingerprint density at radius 2 is 2.00 bits per heavy atom. The van der Waals surface area contributed by atoms with Gasteiger partial charge in [-0.2, -0.15) is 0 Å². The minimum Gasteiger partial charge on any atom is -0.399 e. The van der Waals surface area contributed by atoms with Gasteiger partial charge in [0.2, 0.25) is 0 Å². The fourth-order valence-corrected chi connectivity index (χ4v) is 1.15. The van der Waals surface area contributed by atoms with Crippen molar-refractivity contribution in [1.29, 1.82) is 0 Å². The van der Waals surface area contributed by atoms with E-state index in [0.717, 1.165) is 24.9 Å². The monoisotopic (exact) mass is 185 g/mol. The lowest BCUT2D eigenvalue weighted by Gasteiger charge is -1.94. The molecule has 1 aromatic carbocycles. The van der Waals surface area contributed by atoms with Crippen LogP contribution in [0.15, 0.2) is 30.3 Å². The number of benzene rings is 1. The summed E-state index contributed by atoms with van der Waals surface area (Å²) in [5.41, 5.74) is 7.56. The molecule has 1 nitrogen and oxygen atoms in total. The third-order valence-electron chi connectivity index (χ3n) is 1.94. The van der Waals surface area contributed by atoms with Crippen LogP contribution in [0, 0.1) is 12.3 Å². The summed E-state index contributed by atoms with van der Waals surface area (Å²) in [5.74, 6) is 2.62. The van der Waals surface area contributed by atoms with Gasteiger partial charge in [0, 0.05) is 12.1 Å². The lowest BCUT2D eigenvalue weighted by Crippen LogP contribution is -1.82. The van der Waals surface area contributed by atoms with Crippen molar-refractivity contribution in [2.45, 2.75) is 19.3 Å². The van der Waals surface area contributed by atoms with E-state index in [1.807, 2.05) is 24.3 Å². The van der Waals surface area contributed by atoms with Gasteiger partial charge in [-0.15, -0.1) is 12.3 Å². The van der Waals surface area contributed by atoms with Gasteiger partial charge < -0.3 is 5.73 Å². The van der Waals surface area contributed by atoms with Gasteiger partial charge in [-0.3, -0.25) is 0 Å². The zero-order chi connectivity index (χ0) is 10.2. The molecule has 0 aromatic heterocycles. The summed E-state index contributed by atoms with van der Waals surface area (Å²) in [6.07, 6.45) is 12.3. The van der Waals surface area contributed by atoms with E-state index in [4.69, 9.17) is 12.2 Å². The van der Waals surface area contributed by atoms with Crippen LogP contribution in [0.1, 0.15) is 24.8 Å². The summed E-state index contributed by atoms with van der Waals surface area (Å²) in [4.78, 5) is 0. The number of nitrogens with two attached hydrogens (primary N) is 1.